The Bertz CT molecular complexity index is 883. The summed E-state index contributed by atoms with van der Waals surface area (Å²) in [5, 5.41) is 0. The molecule has 0 bridgehead atoms. The van der Waals surface area contributed by atoms with Gasteiger partial charge < -0.3 is 9.47 Å². The van der Waals surface area contributed by atoms with Crippen LogP contribution in [0.1, 0.15) is 90.7 Å². The van der Waals surface area contributed by atoms with E-state index in [2.05, 4.69) is 58.2 Å². The Labute approximate surface area is 194 Å². The van der Waals surface area contributed by atoms with Crippen LogP contribution in [0, 0.1) is 5.92 Å². The number of carbonyl (C=O) groups excluding carboxylic acids is 1. The van der Waals surface area contributed by atoms with Crippen LogP contribution < -0.4 is 9.47 Å². The molecule has 0 radical (unpaired) electrons. The van der Waals surface area contributed by atoms with Gasteiger partial charge >= 0.3 is 5.97 Å². The van der Waals surface area contributed by atoms with E-state index in [9.17, 15) is 4.79 Å². The molecule has 4 nitrogen and oxygen atoms in total. The SMILES string of the molecule is C=CCN1CCC2=C(C1)c1c(OC(C)=O)cc(C(C)C(C)CCCCC)cc1OC2(C)C. The zero-order chi connectivity index (χ0) is 23.5. The van der Waals surface area contributed by atoms with Crippen LogP contribution in [0.2, 0.25) is 0 Å². The average molecular weight is 440 g/mol. The first-order valence-corrected chi connectivity index (χ1v) is 12.3. The van der Waals surface area contributed by atoms with E-state index in [1.807, 2.05) is 6.08 Å². The highest BCUT2D eigenvalue weighted by molar-refractivity contribution is 5.84. The number of carbonyl (C=O) groups is 1. The van der Waals surface area contributed by atoms with Crippen molar-refractivity contribution in [3.05, 3.63) is 41.5 Å². The van der Waals surface area contributed by atoms with Crippen molar-refractivity contribution in [2.24, 2.45) is 5.92 Å². The van der Waals surface area contributed by atoms with Crippen LogP contribution in [0.4, 0.5) is 0 Å². The number of hydrogen-bond donors (Lipinski definition) is 0. The Hall–Kier alpha value is -2.07. The molecule has 0 saturated heterocycles. The number of unbranched alkanes of at least 4 members (excludes halogenated alkanes) is 2. The van der Waals surface area contributed by atoms with Crippen LogP contribution in [0.5, 0.6) is 11.5 Å². The third-order valence-corrected chi connectivity index (χ3v) is 7.19. The minimum atomic E-state index is -0.370. The summed E-state index contributed by atoms with van der Waals surface area (Å²) >= 11 is 0. The van der Waals surface area contributed by atoms with Gasteiger partial charge in [0.05, 0.1) is 5.56 Å². The van der Waals surface area contributed by atoms with Crippen LogP contribution in [-0.4, -0.2) is 36.1 Å². The number of rotatable bonds is 9. The molecule has 4 heteroatoms. The Morgan fingerprint density at radius 3 is 2.72 bits per heavy atom. The van der Waals surface area contributed by atoms with Crippen molar-refractivity contribution in [2.75, 3.05) is 19.6 Å². The minimum Gasteiger partial charge on any atom is -0.483 e. The van der Waals surface area contributed by atoms with Gasteiger partial charge in [0.2, 0.25) is 0 Å². The van der Waals surface area contributed by atoms with Gasteiger partial charge in [-0.15, -0.1) is 6.58 Å². The van der Waals surface area contributed by atoms with Crippen LogP contribution >= 0.6 is 0 Å². The summed E-state index contributed by atoms with van der Waals surface area (Å²) in [5.74, 6) is 2.10. The van der Waals surface area contributed by atoms with Gasteiger partial charge in [0, 0.05) is 26.6 Å². The quantitative estimate of drug-likeness (QED) is 0.185. The molecule has 0 spiro atoms. The van der Waals surface area contributed by atoms with Gasteiger partial charge in [0.15, 0.2) is 0 Å². The molecule has 0 fully saturated rings. The lowest BCUT2D eigenvalue weighted by molar-refractivity contribution is -0.131. The molecular weight excluding hydrogens is 398 g/mol. The van der Waals surface area contributed by atoms with Crippen molar-refractivity contribution < 1.29 is 14.3 Å². The fourth-order valence-corrected chi connectivity index (χ4v) is 5.17. The first-order valence-electron chi connectivity index (χ1n) is 12.3. The molecule has 1 aromatic rings. The summed E-state index contributed by atoms with van der Waals surface area (Å²) in [6.45, 7) is 19.2. The maximum atomic E-state index is 12.0. The maximum absolute atomic E-state index is 12.0. The van der Waals surface area contributed by atoms with Gasteiger partial charge in [-0.25, -0.2) is 0 Å². The van der Waals surface area contributed by atoms with E-state index in [1.165, 1.54) is 49.3 Å². The number of hydrogen-bond acceptors (Lipinski definition) is 4. The Kier molecular flexibility index (Phi) is 7.87. The standard InChI is InChI=1S/C28H41NO3/c1-8-10-11-12-19(3)20(4)22-16-25(31-21(5)30)27-23-18-29(14-9-2)15-13-24(23)28(6,7)32-26(27)17-22/h9,16-17,19-20H,2,8,10-15,18H2,1,3-7H3. The summed E-state index contributed by atoms with van der Waals surface area (Å²) in [6.07, 6.45) is 7.86. The molecule has 0 aromatic heterocycles. The number of esters is 1. The zero-order valence-electron chi connectivity index (χ0n) is 20.9. The van der Waals surface area contributed by atoms with Crippen LogP contribution in [0.15, 0.2) is 30.4 Å². The summed E-state index contributed by atoms with van der Waals surface area (Å²) in [7, 11) is 0. The largest absolute Gasteiger partial charge is 0.483 e. The lowest BCUT2D eigenvalue weighted by Crippen LogP contribution is -2.42. The highest BCUT2D eigenvalue weighted by atomic mass is 16.5. The average Bonchev–Trinajstić information content (AvgIpc) is 2.72. The van der Waals surface area contributed by atoms with E-state index in [4.69, 9.17) is 9.47 Å². The van der Waals surface area contributed by atoms with Crippen molar-refractivity contribution in [3.63, 3.8) is 0 Å². The Morgan fingerprint density at radius 2 is 2.06 bits per heavy atom. The second-order valence-electron chi connectivity index (χ2n) is 10.1. The van der Waals surface area contributed by atoms with Gasteiger partial charge in [-0.05, 0) is 60.9 Å². The predicted molar refractivity (Wildman–Crippen MR) is 132 cm³/mol. The van der Waals surface area contributed by atoms with Crippen molar-refractivity contribution >= 4 is 11.5 Å². The van der Waals surface area contributed by atoms with Gasteiger partial charge in [0.25, 0.3) is 0 Å². The van der Waals surface area contributed by atoms with Crippen LogP contribution in [-0.2, 0) is 4.79 Å². The molecule has 176 valence electrons. The minimum absolute atomic E-state index is 0.293. The molecule has 1 aromatic carbocycles. The lowest BCUT2D eigenvalue weighted by atomic mass is 9.79. The van der Waals surface area contributed by atoms with E-state index in [0.29, 0.717) is 17.6 Å². The van der Waals surface area contributed by atoms with E-state index in [-0.39, 0.29) is 11.6 Å². The number of nitrogens with zero attached hydrogens (tertiary/aromatic N) is 1. The smallest absolute Gasteiger partial charge is 0.308 e. The van der Waals surface area contributed by atoms with Crippen molar-refractivity contribution in [2.45, 2.75) is 85.2 Å². The normalized spacial score (nSPS) is 19.4. The summed E-state index contributed by atoms with van der Waals surface area (Å²) in [4.78, 5) is 14.4. The maximum Gasteiger partial charge on any atom is 0.308 e. The van der Waals surface area contributed by atoms with Gasteiger partial charge in [-0.2, -0.15) is 0 Å². The molecule has 0 aliphatic carbocycles. The van der Waals surface area contributed by atoms with E-state index < -0.39 is 0 Å². The fourth-order valence-electron chi connectivity index (χ4n) is 5.17. The molecule has 32 heavy (non-hydrogen) atoms. The highest BCUT2D eigenvalue weighted by Gasteiger charge is 2.39. The van der Waals surface area contributed by atoms with Crippen molar-refractivity contribution in [1.29, 1.82) is 0 Å². The van der Waals surface area contributed by atoms with Crippen LogP contribution in [0.25, 0.3) is 5.57 Å². The molecule has 0 N–H and O–H groups in total. The van der Waals surface area contributed by atoms with Gasteiger partial charge in [0.1, 0.15) is 17.1 Å². The first kappa shape index (κ1) is 24.6. The third kappa shape index (κ3) is 5.28. The first-order chi connectivity index (χ1) is 15.2. The predicted octanol–water partition coefficient (Wildman–Crippen LogP) is 6.75. The summed E-state index contributed by atoms with van der Waals surface area (Å²) in [5.41, 5.74) is 4.33. The second kappa shape index (κ2) is 10.2. The van der Waals surface area contributed by atoms with Gasteiger partial charge in [-0.3, -0.25) is 9.69 Å². The number of benzene rings is 1. The molecule has 2 unspecified atom stereocenters. The molecule has 0 saturated carbocycles. The monoisotopic (exact) mass is 439 g/mol. The molecule has 3 rings (SSSR count). The fraction of sp³-hybridized carbons (Fsp3) is 0.607. The molecule has 0 amide bonds. The van der Waals surface area contributed by atoms with Crippen LogP contribution in [0.3, 0.4) is 0 Å². The highest BCUT2D eigenvalue weighted by Crippen LogP contribution is 2.49. The zero-order valence-corrected chi connectivity index (χ0v) is 20.9. The summed E-state index contributed by atoms with van der Waals surface area (Å²) in [6, 6.07) is 4.28. The Balaban J connectivity index is 2.05. The second-order valence-corrected chi connectivity index (χ2v) is 10.1. The molecule has 2 aliphatic rings. The molecule has 2 aliphatic heterocycles. The van der Waals surface area contributed by atoms with E-state index >= 15 is 0 Å². The van der Waals surface area contributed by atoms with Gasteiger partial charge in [-0.1, -0.05) is 52.5 Å². The number of fused-ring (bicyclic) bond motifs is 2. The third-order valence-electron chi connectivity index (χ3n) is 7.19. The van der Waals surface area contributed by atoms with E-state index in [1.54, 1.807) is 0 Å². The lowest BCUT2D eigenvalue weighted by Gasteiger charge is -2.42. The van der Waals surface area contributed by atoms with Crippen molar-refractivity contribution in [3.8, 4) is 11.5 Å². The molecule has 2 atom stereocenters. The topological polar surface area (TPSA) is 38.8 Å². The van der Waals surface area contributed by atoms with Crippen molar-refractivity contribution in [1.82, 2.24) is 4.90 Å². The summed E-state index contributed by atoms with van der Waals surface area (Å²) < 4.78 is 12.4. The number of ether oxygens (including phenoxy) is 2. The van der Waals surface area contributed by atoms with E-state index in [0.717, 1.165) is 37.4 Å². The molecular formula is C28H41NO3. The Morgan fingerprint density at radius 1 is 1.31 bits per heavy atom. The molecule has 2 heterocycles.